The highest BCUT2D eigenvalue weighted by Gasteiger charge is 2.35. The third kappa shape index (κ3) is 5.23. The first-order valence-corrected chi connectivity index (χ1v) is 5.29. The first-order chi connectivity index (χ1) is 7.25. The van der Waals surface area contributed by atoms with Crippen molar-refractivity contribution in [2.75, 3.05) is 0 Å². The summed E-state index contributed by atoms with van der Waals surface area (Å²) in [5.74, 6) is -2.97. The predicted octanol–water partition coefficient (Wildman–Crippen LogP) is 1.45. The number of Topliss-reactive ketones (excluding diaryl/α,β-unsaturated/α-hetero) is 1. The predicted molar refractivity (Wildman–Crippen MR) is 58.0 cm³/mol. The van der Waals surface area contributed by atoms with E-state index in [1.54, 1.807) is 27.7 Å². The Hall–Kier alpha value is -0.940. The number of carbonyl (C=O) groups is 2. The van der Waals surface area contributed by atoms with Gasteiger partial charge in [0.15, 0.2) is 12.2 Å². The largest absolute Gasteiger partial charge is 0.481 e. The molecule has 1 atom stereocenters. The molecule has 0 spiro atoms. The molecule has 0 saturated heterocycles. The Morgan fingerprint density at radius 3 is 1.56 bits per heavy atom. The zero-order chi connectivity index (χ0) is 12.9. The number of carboxylic acid groups (broad SMARTS) is 1. The van der Waals surface area contributed by atoms with Crippen molar-refractivity contribution in [2.45, 2.75) is 53.1 Å². The van der Waals surface area contributed by atoms with Gasteiger partial charge in [0.2, 0.25) is 0 Å². The third-order valence-corrected chi connectivity index (χ3v) is 1.79. The summed E-state index contributed by atoms with van der Waals surface area (Å²) in [5.41, 5.74) is 0. The molecule has 0 fully saturated rings. The van der Waals surface area contributed by atoms with Crippen molar-refractivity contribution < 1.29 is 24.2 Å². The van der Waals surface area contributed by atoms with Crippen LogP contribution in [0.15, 0.2) is 0 Å². The molecule has 0 aliphatic heterocycles. The molecule has 0 heterocycles. The monoisotopic (exact) mass is 232 g/mol. The van der Waals surface area contributed by atoms with Crippen LogP contribution in [0.25, 0.3) is 0 Å². The fourth-order valence-electron chi connectivity index (χ4n) is 1.21. The van der Waals surface area contributed by atoms with Crippen LogP contribution in [0.5, 0.6) is 0 Å². The zero-order valence-electron chi connectivity index (χ0n) is 10.4. The molecule has 5 nitrogen and oxygen atoms in total. The van der Waals surface area contributed by atoms with E-state index in [0.717, 1.165) is 0 Å². The van der Waals surface area contributed by atoms with Gasteiger partial charge in [-0.05, 0) is 34.6 Å². The Labute approximate surface area is 95.7 Å². The molecule has 0 rings (SSSR count). The minimum atomic E-state index is -1.27. The van der Waals surface area contributed by atoms with Gasteiger partial charge in [0, 0.05) is 0 Å². The number of carbonyl (C=O) groups excluding carboxylic acids is 1. The van der Waals surface area contributed by atoms with Gasteiger partial charge in [0.05, 0.1) is 12.2 Å². The Morgan fingerprint density at radius 1 is 1.00 bits per heavy atom. The van der Waals surface area contributed by atoms with Crippen molar-refractivity contribution in [2.24, 2.45) is 5.92 Å². The number of hydrogen-bond donors (Lipinski definition) is 1. The van der Waals surface area contributed by atoms with E-state index in [9.17, 15) is 9.59 Å². The SMILES string of the molecule is CC(=O)C(C(=O)O)C(OC(C)C)OC(C)C. The molecule has 1 N–H and O–H groups in total. The molecule has 0 aliphatic rings. The molecule has 0 aromatic heterocycles. The van der Waals surface area contributed by atoms with E-state index in [-0.39, 0.29) is 12.2 Å². The van der Waals surface area contributed by atoms with Gasteiger partial charge >= 0.3 is 5.97 Å². The van der Waals surface area contributed by atoms with E-state index in [1.807, 2.05) is 0 Å². The fourth-order valence-corrected chi connectivity index (χ4v) is 1.21. The van der Waals surface area contributed by atoms with Crippen molar-refractivity contribution in [1.29, 1.82) is 0 Å². The normalized spacial score (nSPS) is 13.5. The van der Waals surface area contributed by atoms with E-state index in [2.05, 4.69) is 0 Å². The molecule has 0 radical (unpaired) electrons. The van der Waals surface area contributed by atoms with Crippen molar-refractivity contribution in [3.8, 4) is 0 Å². The lowest BCUT2D eigenvalue weighted by Crippen LogP contribution is -2.40. The molecule has 1 unspecified atom stereocenters. The van der Waals surface area contributed by atoms with Gasteiger partial charge in [-0.3, -0.25) is 9.59 Å². The van der Waals surface area contributed by atoms with Crippen LogP contribution >= 0.6 is 0 Å². The second-order valence-electron chi connectivity index (χ2n) is 4.16. The summed E-state index contributed by atoms with van der Waals surface area (Å²) in [7, 11) is 0. The van der Waals surface area contributed by atoms with Crippen LogP contribution in [0, 0.1) is 5.92 Å². The lowest BCUT2D eigenvalue weighted by atomic mass is 10.1. The topological polar surface area (TPSA) is 72.8 Å². The summed E-state index contributed by atoms with van der Waals surface area (Å²) < 4.78 is 10.6. The average Bonchev–Trinajstić information content (AvgIpc) is 1.98. The summed E-state index contributed by atoms with van der Waals surface area (Å²) in [4.78, 5) is 22.2. The van der Waals surface area contributed by atoms with E-state index < -0.39 is 24.0 Å². The van der Waals surface area contributed by atoms with Crippen molar-refractivity contribution in [3.05, 3.63) is 0 Å². The smallest absolute Gasteiger partial charge is 0.319 e. The summed E-state index contributed by atoms with van der Waals surface area (Å²) in [6.07, 6.45) is -1.44. The quantitative estimate of drug-likeness (QED) is 0.531. The number of ketones is 1. The summed E-state index contributed by atoms with van der Waals surface area (Å²) in [6.45, 7) is 8.26. The molecule has 0 aliphatic carbocycles. The second kappa shape index (κ2) is 6.60. The fraction of sp³-hybridized carbons (Fsp3) is 0.818. The third-order valence-electron chi connectivity index (χ3n) is 1.79. The molecule has 0 bridgehead atoms. The minimum absolute atomic E-state index is 0.204. The maximum atomic E-state index is 11.2. The minimum Gasteiger partial charge on any atom is -0.481 e. The van der Waals surface area contributed by atoms with Gasteiger partial charge in [-0.1, -0.05) is 0 Å². The first kappa shape index (κ1) is 15.1. The lowest BCUT2D eigenvalue weighted by Gasteiger charge is -2.26. The summed E-state index contributed by atoms with van der Waals surface area (Å²) in [6, 6.07) is 0. The Kier molecular flexibility index (Phi) is 6.21. The molecular formula is C11H20O5. The average molecular weight is 232 g/mol. The Bertz CT molecular complexity index is 223. The maximum Gasteiger partial charge on any atom is 0.319 e. The van der Waals surface area contributed by atoms with Gasteiger partial charge in [-0.25, -0.2) is 0 Å². The number of carboxylic acids is 1. The molecule has 0 aromatic carbocycles. The van der Waals surface area contributed by atoms with Crippen LogP contribution in [0.3, 0.4) is 0 Å². The standard InChI is InChI=1S/C11H20O5/c1-6(2)15-11(16-7(3)4)9(8(5)12)10(13)14/h6-7,9,11H,1-5H3,(H,13,14). The molecule has 94 valence electrons. The van der Waals surface area contributed by atoms with Gasteiger partial charge in [0.25, 0.3) is 0 Å². The second-order valence-corrected chi connectivity index (χ2v) is 4.16. The van der Waals surface area contributed by atoms with Gasteiger partial charge < -0.3 is 14.6 Å². The molecule has 5 heteroatoms. The van der Waals surface area contributed by atoms with Crippen LogP contribution < -0.4 is 0 Å². The van der Waals surface area contributed by atoms with Crippen LogP contribution in [0.1, 0.15) is 34.6 Å². The maximum absolute atomic E-state index is 11.2. The van der Waals surface area contributed by atoms with E-state index in [0.29, 0.717) is 0 Å². The van der Waals surface area contributed by atoms with Gasteiger partial charge in [-0.2, -0.15) is 0 Å². The van der Waals surface area contributed by atoms with Crippen LogP contribution in [0.2, 0.25) is 0 Å². The molecular weight excluding hydrogens is 212 g/mol. The number of rotatable bonds is 7. The zero-order valence-corrected chi connectivity index (χ0v) is 10.4. The Balaban J connectivity index is 4.80. The highest BCUT2D eigenvalue weighted by Crippen LogP contribution is 2.16. The number of hydrogen-bond acceptors (Lipinski definition) is 4. The van der Waals surface area contributed by atoms with Crippen LogP contribution in [-0.4, -0.2) is 35.4 Å². The van der Waals surface area contributed by atoms with Crippen molar-refractivity contribution in [1.82, 2.24) is 0 Å². The molecule has 0 saturated carbocycles. The lowest BCUT2D eigenvalue weighted by molar-refractivity contribution is -0.211. The highest BCUT2D eigenvalue weighted by molar-refractivity contribution is 5.97. The molecule has 0 amide bonds. The number of aliphatic carboxylic acids is 1. The molecule has 0 aromatic rings. The Morgan fingerprint density at radius 2 is 1.38 bits per heavy atom. The molecule has 16 heavy (non-hydrogen) atoms. The first-order valence-electron chi connectivity index (χ1n) is 5.29. The highest BCUT2D eigenvalue weighted by atomic mass is 16.7. The van der Waals surface area contributed by atoms with Crippen molar-refractivity contribution >= 4 is 11.8 Å². The summed E-state index contributed by atoms with van der Waals surface area (Å²) in [5, 5.41) is 8.96. The van der Waals surface area contributed by atoms with E-state index in [1.165, 1.54) is 6.92 Å². The van der Waals surface area contributed by atoms with Crippen LogP contribution in [0.4, 0.5) is 0 Å². The van der Waals surface area contributed by atoms with Crippen LogP contribution in [-0.2, 0) is 19.1 Å². The van der Waals surface area contributed by atoms with E-state index >= 15 is 0 Å². The van der Waals surface area contributed by atoms with Gasteiger partial charge in [-0.15, -0.1) is 0 Å². The van der Waals surface area contributed by atoms with Gasteiger partial charge in [0.1, 0.15) is 5.78 Å². The van der Waals surface area contributed by atoms with Crippen molar-refractivity contribution in [3.63, 3.8) is 0 Å². The van der Waals surface area contributed by atoms with E-state index in [4.69, 9.17) is 14.6 Å². The summed E-state index contributed by atoms with van der Waals surface area (Å²) >= 11 is 0. The number of ether oxygens (including phenoxy) is 2.